The SMILES string of the molecule is CC(C)(C)c1cc(CCC(N)=O)ccc1O. The van der Waals surface area contributed by atoms with Gasteiger partial charge in [0, 0.05) is 6.42 Å². The number of carbonyl (C=O) groups excluding carboxylic acids is 1. The van der Waals surface area contributed by atoms with Crippen LogP contribution < -0.4 is 5.73 Å². The smallest absolute Gasteiger partial charge is 0.217 e. The molecule has 0 aliphatic heterocycles. The highest BCUT2D eigenvalue weighted by molar-refractivity contribution is 5.74. The molecule has 0 unspecified atom stereocenters. The van der Waals surface area contributed by atoms with Crippen LogP contribution in [-0.4, -0.2) is 11.0 Å². The summed E-state index contributed by atoms with van der Waals surface area (Å²) in [4.78, 5) is 10.7. The topological polar surface area (TPSA) is 63.3 Å². The molecule has 3 heteroatoms. The maximum atomic E-state index is 10.7. The molecule has 1 aromatic carbocycles. The molecule has 0 bridgehead atoms. The molecule has 0 aromatic heterocycles. The number of aromatic hydroxyl groups is 1. The van der Waals surface area contributed by atoms with Crippen LogP contribution in [0.3, 0.4) is 0 Å². The molecule has 0 aliphatic carbocycles. The minimum absolute atomic E-state index is 0.104. The first-order valence-electron chi connectivity index (χ1n) is 5.41. The van der Waals surface area contributed by atoms with Gasteiger partial charge in [-0.3, -0.25) is 4.79 Å². The van der Waals surface area contributed by atoms with Crippen LogP contribution in [0.25, 0.3) is 0 Å². The van der Waals surface area contributed by atoms with Crippen molar-refractivity contribution >= 4 is 5.91 Å². The number of benzene rings is 1. The maximum absolute atomic E-state index is 10.7. The van der Waals surface area contributed by atoms with Crippen LogP contribution >= 0.6 is 0 Å². The van der Waals surface area contributed by atoms with Gasteiger partial charge in [-0.1, -0.05) is 32.9 Å². The lowest BCUT2D eigenvalue weighted by atomic mass is 9.85. The lowest BCUT2D eigenvalue weighted by molar-refractivity contribution is -0.117. The van der Waals surface area contributed by atoms with Gasteiger partial charge in [-0.25, -0.2) is 0 Å². The van der Waals surface area contributed by atoms with E-state index in [1.165, 1.54) is 0 Å². The van der Waals surface area contributed by atoms with Crippen molar-refractivity contribution < 1.29 is 9.90 Å². The first-order valence-corrected chi connectivity index (χ1v) is 5.41. The highest BCUT2D eigenvalue weighted by Gasteiger charge is 2.18. The van der Waals surface area contributed by atoms with Crippen molar-refractivity contribution in [1.29, 1.82) is 0 Å². The Balaban J connectivity index is 2.94. The number of hydrogen-bond acceptors (Lipinski definition) is 2. The van der Waals surface area contributed by atoms with E-state index in [2.05, 4.69) is 0 Å². The monoisotopic (exact) mass is 221 g/mol. The third kappa shape index (κ3) is 3.26. The Morgan fingerprint density at radius 1 is 1.38 bits per heavy atom. The molecule has 0 heterocycles. The van der Waals surface area contributed by atoms with Crippen LogP contribution in [0.15, 0.2) is 18.2 Å². The second kappa shape index (κ2) is 4.56. The maximum Gasteiger partial charge on any atom is 0.217 e. The summed E-state index contributed by atoms with van der Waals surface area (Å²) in [6.45, 7) is 6.12. The molecule has 1 aromatic rings. The van der Waals surface area contributed by atoms with E-state index in [-0.39, 0.29) is 11.3 Å². The predicted octanol–water partition coefficient (Wildman–Crippen LogP) is 2.11. The van der Waals surface area contributed by atoms with Crippen molar-refractivity contribution in [2.24, 2.45) is 5.73 Å². The number of hydrogen-bond donors (Lipinski definition) is 2. The average molecular weight is 221 g/mol. The predicted molar refractivity (Wildman–Crippen MR) is 64.3 cm³/mol. The summed E-state index contributed by atoms with van der Waals surface area (Å²) in [5.41, 5.74) is 6.93. The lowest BCUT2D eigenvalue weighted by Crippen LogP contribution is -2.13. The molecule has 0 radical (unpaired) electrons. The zero-order chi connectivity index (χ0) is 12.3. The molecule has 0 saturated heterocycles. The van der Waals surface area contributed by atoms with Crippen molar-refractivity contribution in [1.82, 2.24) is 0 Å². The number of nitrogens with two attached hydrogens (primary N) is 1. The molecule has 0 aliphatic rings. The number of carbonyl (C=O) groups is 1. The van der Waals surface area contributed by atoms with Crippen LogP contribution in [-0.2, 0) is 16.6 Å². The van der Waals surface area contributed by atoms with E-state index < -0.39 is 0 Å². The van der Waals surface area contributed by atoms with Gasteiger partial charge in [0.25, 0.3) is 0 Å². The zero-order valence-electron chi connectivity index (χ0n) is 10.1. The van der Waals surface area contributed by atoms with Crippen LogP contribution in [0, 0.1) is 0 Å². The Bertz CT molecular complexity index is 391. The fraction of sp³-hybridized carbons (Fsp3) is 0.462. The molecule has 3 N–H and O–H groups in total. The van der Waals surface area contributed by atoms with Crippen LogP contribution in [0.5, 0.6) is 5.75 Å². The molecule has 16 heavy (non-hydrogen) atoms. The van der Waals surface area contributed by atoms with E-state index in [1.807, 2.05) is 32.9 Å². The Labute approximate surface area is 96.3 Å². The first kappa shape index (κ1) is 12.6. The number of aryl methyl sites for hydroxylation is 1. The molecular formula is C13H19NO2. The minimum Gasteiger partial charge on any atom is -0.508 e. The van der Waals surface area contributed by atoms with E-state index in [0.717, 1.165) is 11.1 Å². The third-order valence-electron chi connectivity index (χ3n) is 2.53. The summed E-state index contributed by atoms with van der Waals surface area (Å²) in [7, 11) is 0. The summed E-state index contributed by atoms with van der Waals surface area (Å²) in [6.07, 6.45) is 0.965. The second-order valence-electron chi connectivity index (χ2n) is 5.07. The van der Waals surface area contributed by atoms with Crippen LogP contribution in [0.4, 0.5) is 0 Å². The molecule has 0 saturated carbocycles. The van der Waals surface area contributed by atoms with Crippen LogP contribution in [0.1, 0.15) is 38.3 Å². The van der Waals surface area contributed by atoms with Gasteiger partial charge in [0.05, 0.1) is 0 Å². The van der Waals surface area contributed by atoms with Gasteiger partial charge in [0.1, 0.15) is 5.75 Å². The first-order chi connectivity index (χ1) is 7.30. The van der Waals surface area contributed by atoms with Crippen molar-refractivity contribution in [2.75, 3.05) is 0 Å². The Morgan fingerprint density at radius 2 is 2.00 bits per heavy atom. The molecule has 0 atom stereocenters. The minimum atomic E-state index is -0.301. The average Bonchev–Trinajstić information content (AvgIpc) is 2.14. The fourth-order valence-electron chi connectivity index (χ4n) is 1.61. The third-order valence-corrected chi connectivity index (χ3v) is 2.53. The number of phenolic OH excluding ortho intramolecular Hbond substituents is 1. The normalized spacial score (nSPS) is 11.4. The molecule has 3 nitrogen and oxygen atoms in total. The van der Waals surface area contributed by atoms with Gasteiger partial charge < -0.3 is 10.8 Å². The Kier molecular flexibility index (Phi) is 3.58. The van der Waals surface area contributed by atoms with Crippen molar-refractivity contribution in [3.8, 4) is 5.75 Å². The summed E-state index contributed by atoms with van der Waals surface area (Å²) < 4.78 is 0. The summed E-state index contributed by atoms with van der Waals surface area (Å²) in [5.74, 6) is 0.000656. The fourth-order valence-corrected chi connectivity index (χ4v) is 1.61. The number of rotatable bonds is 3. The summed E-state index contributed by atoms with van der Waals surface area (Å²) >= 11 is 0. The number of phenols is 1. The summed E-state index contributed by atoms with van der Waals surface area (Å²) in [5, 5.41) is 9.76. The van der Waals surface area contributed by atoms with E-state index in [4.69, 9.17) is 5.73 Å². The molecule has 88 valence electrons. The standard InChI is InChI=1S/C13H19NO2/c1-13(2,3)10-8-9(4-6-11(10)15)5-7-12(14)16/h4,6,8,15H,5,7H2,1-3H3,(H2,14,16). The van der Waals surface area contributed by atoms with E-state index in [0.29, 0.717) is 18.6 Å². The van der Waals surface area contributed by atoms with Gasteiger partial charge in [0.15, 0.2) is 0 Å². The van der Waals surface area contributed by atoms with Crippen LogP contribution in [0.2, 0.25) is 0 Å². The van der Waals surface area contributed by atoms with Gasteiger partial charge in [0.2, 0.25) is 5.91 Å². The van der Waals surface area contributed by atoms with E-state index >= 15 is 0 Å². The van der Waals surface area contributed by atoms with Gasteiger partial charge in [-0.2, -0.15) is 0 Å². The lowest BCUT2D eigenvalue weighted by Gasteiger charge is -2.21. The number of primary amides is 1. The number of amides is 1. The Morgan fingerprint density at radius 3 is 2.50 bits per heavy atom. The molecular weight excluding hydrogens is 202 g/mol. The molecule has 1 amide bonds. The zero-order valence-corrected chi connectivity index (χ0v) is 10.1. The highest BCUT2D eigenvalue weighted by Crippen LogP contribution is 2.31. The second-order valence-corrected chi connectivity index (χ2v) is 5.07. The van der Waals surface area contributed by atoms with Crippen molar-refractivity contribution in [3.63, 3.8) is 0 Å². The molecule has 0 fully saturated rings. The van der Waals surface area contributed by atoms with Crippen molar-refractivity contribution in [3.05, 3.63) is 29.3 Å². The van der Waals surface area contributed by atoms with Gasteiger partial charge in [-0.05, 0) is 29.0 Å². The largest absolute Gasteiger partial charge is 0.508 e. The molecule has 0 spiro atoms. The summed E-state index contributed by atoms with van der Waals surface area (Å²) in [6, 6.07) is 5.45. The van der Waals surface area contributed by atoms with Gasteiger partial charge >= 0.3 is 0 Å². The van der Waals surface area contributed by atoms with E-state index in [1.54, 1.807) is 6.07 Å². The molecule has 1 rings (SSSR count). The van der Waals surface area contributed by atoms with E-state index in [9.17, 15) is 9.90 Å². The Hall–Kier alpha value is -1.51. The van der Waals surface area contributed by atoms with Crippen molar-refractivity contribution in [2.45, 2.75) is 39.0 Å². The van der Waals surface area contributed by atoms with Gasteiger partial charge in [-0.15, -0.1) is 0 Å². The highest BCUT2D eigenvalue weighted by atomic mass is 16.3. The quantitative estimate of drug-likeness (QED) is 0.821.